The van der Waals surface area contributed by atoms with E-state index in [4.69, 9.17) is 10.5 Å². The molecular weight excluding hydrogens is 281 g/mol. The Hall–Kier alpha value is -2.36. The summed E-state index contributed by atoms with van der Waals surface area (Å²) in [6.07, 6.45) is 0.389. The van der Waals surface area contributed by atoms with E-state index in [2.05, 4.69) is 0 Å². The molecule has 3 nitrogen and oxygen atoms in total. The maximum Gasteiger partial charge on any atom is 0.316 e. The number of nitrogens with two attached hydrogens (primary N) is 1. The molecule has 116 valence electrons. The Kier molecular flexibility index (Phi) is 4.81. The Bertz CT molecular complexity index is 657. The van der Waals surface area contributed by atoms with Gasteiger partial charge in [0.1, 0.15) is 5.82 Å². The third-order valence-electron chi connectivity index (χ3n) is 3.74. The van der Waals surface area contributed by atoms with Gasteiger partial charge in [0, 0.05) is 5.69 Å². The summed E-state index contributed by atoms with van der Waals surface area (Å²) in [7, 11) is 0. The molecule has 0 heterocycles. The van der Waals surface area contributed by atoms with E-state index in [1.54, 1.807) is 13.8 Å². The van der Waals surface area contributed by atoms with E-state index >= 15 is 0 Å². The van der Waals surface area contributed by atoms with Crippen LogP contribution in [0.25, 0.3) is 0 Å². The largest absolute Gasteiger partial charge is 0.465 e. The topological polar surface area (TPSA) is 52.3 Å². The van der Waals surface area contributed by atoms with Crippen LogP contribution in [-0.4, -0.2) is 12.6 Å². The lowest BCUT2D eigenvalue weighted by Gasteiger charge is -2.29. The first-order valence-electron chi connectivity index (χ1n) is 7.24. The molecule has 1 atom stereocenters. The van der Waals surface area contributed by atoms with Crippen LogP contribution in [0, 0.1) is 5.82 Å². The molecule has 2 N–H and O–H groups in total. The molecular formula is C18H20FNO2. The predicted molar refractivity (Wildman–Crippen MR) is 84.9 cm³/mol. The highest BCUT2D eigenvalue weighted by Gasteiger charge is 2.38. The van der Waals surface area contributed by atoms with Crippen LogP contribution in [0.4, 0.5) is 10.1 Å². The first kappa shape index (κ1) is 16.0. The minimum absolute atomic E-state index is 0.262. The lowest BCUT2D eigenvalue weighted by Crippen LogP contribution is -2.37. The Labute approximate surface area is 129 Å². The van der Waals surface area contributed by atoms with Gasteiger partial charge in [0.05, 0.1) is 12.0 Å². The van der Waals surface area contributed by atoms with Gasteiger partial charge in [-0.3, -0.25) is 4.79 Å². The zero-order valence-electron chi connectivity index (χ0n) is 12.8. The highest BCUT2D eigenvalue weighted by molar-refractivity contribution is 5.85. The number of nitrogen functional groups attached to an aromatic ring is 1. The summed E-state index contributed by atoms with van der Waals surface area (Å²) in [5, 5.41) is 0. The average Bonchev–Trinajstić information content (AvgIpc) is 2.50. The van der Waals surface area contributed by atoms with Gasteiger partial charge in [0.25, 0.3) is 0 Å². The van der Waals surface area contributed by atoms with Crippen LogP contribution in [0.15, 0.2) is 48.5 Å². The van der Waals surface area contributed by atoms with Crippen LogP contribution in [-0.2, 0) is 21.4 Å². The van der Waals surface area contributed by atoms with Crippen molar-refractivity contribution in [1.82, 2.24) is 0 Å². The SMILES string of the molecule is CCOC(=O)C(C)(Cc1ccccc1)c1cc(F)ccc1N. The van der Waals surface area contributed by atoms with Crippen LogP contribution in [0.2, 0.25) is 0 Å². The fraction of sp³-hybridized carbons (Fsp3) is 0.278. The van der Waals surface area contributed by atoms with Crippen molar-refractivity contribution in [1.29, 1.82) is 0 Å². The monoisotopic (exact) mass is 301 g/mol. The Balaban J connectivity index is 2.50. The normalized spacial score (nSPS) is 13.4. The number of rotatable bonds is 5. The molecule has 2 rings (SSSR count). The van der Waals surface area contributed by atoms with Crippen LogP contribution < -0.4 is 5.73 Å². The number of hydrogen-bond donors (Lipinski definition) is 1. The van der Waals surface area contributed by atoms with Crippen molar-refractivity contribution in [3.05, 3.63) is 65.5 Å². The fourth-order valence-corrected chi connectivity index (χ4v) is 2.58. The minimum Gasteiger partial charge on any atom is -0.465 e. The first-order chi connectivity index (χ1) is 10.5. The maximum absolute atomic E-state index is 13.7. The zero-order chi connectivity index (χ0) is 16.2. The van der Waals surface area contributed by atoms with Gasteiger partial charge in [-0.15, -0.1) is 0 Å². The molecule has 0 saturated carbocycles. The summed E-state index contributed by atoms with van der Waals surface area (Å²) in [5.74, 6) is -0.830. The number of carbonyl (C=O) groups excluding carboxylic acids is 1. The molecule has 0 aliphatic rings. The van der Waals surface area contributed by atoms with E-state index in [1.807, 2.05) is 30.3 Å². The van der Waals surface area contributed by atoms with Gasteiger partial charge in [0.2, 0.25) is 0 Å². The second kappa shape index (κ2) is 6.60. The number of carbonyl (C=O) groups is 1. The quantitative estimate of drug-likeness (QED) is 0.679. The molecule has 0 radical (unpaired) electrons. The number of benzene rings is 2. The third kappa shape index (κ3) is 3.27. The second-order valence-electron chi connectivity index (χ2n) is 5.45. The van der Waals surface area contributed by atoms with Gasteiger partial charge >= 0.3 is 5.97 Å². The molecule has 0 fully saturated rings. The molecule has 1 unspecified atom stereocenters. The fourth-order valence-electron chi connectivity index (χ4n) is 2.58. The van der Waals surface area contributed by atoms with E-state index in [0.717, 1.165) is 5.56 Å². The summed E-state index contributed by atoms with van der Waals surface area (Å²) in [5.41, 5.74) is 6.75. The van der Waals surface area contributed by atoms with Crippen molar-refractivity contribution in [3.8, 4) is 0 Å². The molecule has 2 aromatic carbocycles. The number of ether oxygens (including phenoxy) is 1. The summed E-state index contributed by atoms with van der Waals surface area (Å²) in [4.78, 5) is 12.5. The van der Waals surface area contributed by atoms with Crippen molar-refractivity contribution < 1.29 is 13.9 Å². The van der Waals surface area contributed by atoms with Gasteiger partial charge < -0.3 is 10.5 Å². The van der Waals surface area contributed by atoms with E-state index in [-0.39, 0.29) is 6.61 Å². The van der Waals surface area contributed by atoms with Crippen molar-refractivity contribution in [3.63, 3.8) is 0 Å². The zero-order valence-corrected chi connectivity index (χ0v) is 12.8. The van der Waals surface area contributed by atoms with Crippen LogP contribution in [0.5, 0.6) is 0 Å². The summed E-state index contributed by atoms with van der Waals surface area (Å²) in [6, 6.07) is 13.6. The standard InChI is InChI=1S/C18H20FNO2/c1-3-22-17(21)18(2,12-13-7-5-4-6-8-13)15-11-14(19)9-10-16(15)20/h4-11H,3,12,20H2,1-2H3. The lowest BCUT2D eigenvalue weighted by molar-refractivity contribution is -0.149. The Morgan fingerprint density at radius 1 is 1.23 bits per heavy atom. The molecule has 0 bridgehead atoms. The molecule has 22 heavy (non-hydrogen) atoms. The number of hydrogen-bond acceptors (Lipinski definition) is 3. The Morgan fingerprint density at radius 3 is 2.55 bits per heavy atom. The highest BCUT2D eigenvalue weighted by Crippen LogP contribution is 2.34. The molecule has 0 amide bonds. The molecule has 2 aromatic rings. The molecule has 0 saturated heterocycles. The van der Waals surface area contributed by atoms with Crippen molar-refractivity contribution in [2.75, 3.05) is 12.3 Å². The molecule has 0 aliphatic heterocycles. The number of esters is 1. The van der Waals surface area contributed by atoms with Crippen LogP contribution >= 0.6 is 0 Å². The van der Waals surface area contributed by atoms with Gasteiger partial charge in [-0.1, -0.05) is 30.3 Å². The summed E-state index contributed by atoms with van der Waals surface area (Å²) < 4.78 is 18.9. The van der Waals surface area contributed by atoms with Crippen molar-refractivity contribution in [2.24, 2.45) is 0 Å². The van der Waals surface area contributed by atoms with Crippen LogP contribution in [0.1, 0.15) is 25.0 Å². The second-order valence-corrected chi connectivity index (χ2v) is 5.45. The van der Waals surface area contributed by atoms with Crippen molar-refractivity contribution in [2.45, 2.75) is 25.7 Å². The van der Waals surface area contributed by atoms with E-state index in [1.165, 1.54) is 18.2 Å². The van der Waals surface area contributed by atoms with Gasteiger partial charge in [-0.25, -0.2) is 4.39 Å². The summed E-state index contributed by atoms with van der Waals surface area (Å²) >= 11 is 0. The van der Waals surface area contributed by atoms with Gasteiger partial charge in [-0.05, 0) is 49.6 Å². The predicted octanol–water partition coefficient (Wildman–Crippen LogP) is 3.47. The highest BCUT2D eigenvalue weighted by atomic mass is 19.1. The van der Waals surface area contributed by atoms with E-state index in [0.29, 0.717) is 17.7 Å². The Morgan fingerprint density at radius 2 is 1.91 bits per heavy atom. The molecule has 0 aliphatic carbocycles. The van der Waals surface area contributed by atoms with Gasteiger partial charge in [0.15, 0.2) is 0 Å². The number of halogens is 1. The average molecular weight is 301 g/mol. The van der Waals surface area contributed by atoms with E-state index < -0.39 is 17.2 Å². The smallest absolute Gasteiger partial charge is 0.316 e. The molecule has 0 aromatic heterocycles. The van der Waals surface area contributed by atoms with Gasteiger partial charge in [-0.2, -0.15) is 0 Å². The maximum atomic E-state index is 13.7. The lowest BCUT2D eigenvalue weighted by atomic mass is 9.76. The molecule has 0 spiro atoms. The number of anilines is 1. The van der Waals surface area contributed by atoms with E-state index in [9.17, 15) is 9.18 Å². The molecule has 4 heteroatoms. The minimum atomic E-state index is -1.04. The van der Waals surface area contributed by atoms with Crippen LogP contribution in [0.3, 0.4) is 0 Å². The third-order valence-corrected chi connectivity index (χ3v) is 3.74. The first-order valence-corrected chi connectivity index (χ1v) is 7.24. The van der Waals surface area contributed by atoms with Crippen molar-refractivity contribution >= 4 is 11.7 Å². The summed E-state index contributed by atoms with van der Waals surface area (Å²) in [6.45, 7) is 3.75.